The Bertz CT molecular complexity index is 1180. The van der Waals surface area contributed by atoms with E-state index in [9.17, 15) is 9.18 Å². The van der Waals surface area contributed by atoms with E-state index in [0.717, 1.165) is 26.1 Å². The number of fused-ring (bicyclic) bond motifs is 1. The van der Waals surface area contributed by atoms with Gasteiger partial charge in [-0.3, -0.25) is 4.79 Å². The van der Waals surface area contributed by atoms with E-state index < -0.39 is 5.82 Å². The molecule has 0 saturated carbocycles. The zero-order chi connectivity index (χ0) is 20.9. The highest BCUT2D eigenvalue weighted by Crippen LogP contribution is 2.31. The Morgan fingerprint density at radius 2 is 1.97 bits per heavy atom. The number of hydrogen-bond acceptors (Lipinski definition) is 5. The van der Waals surface area contributed by atoms with Gasteiger partial charge in [0.25, 0.3) is 5.91 Å². The molecule has 0 unspecified atom stereocenters. The standard InChI is InChI=1S/C23H19FN2O2S2/c1-15-5-8-19(9-6-15)28-11-12-29-23-26-20-10-7-18(14-21(20)30-23)25-22(27)16-3-2-4-17(24)13-16/h2-10,13-14H,11-12H2,1H3,(H,25,27). The minimum absolute atomic E-state index is 0.282. The van der Waals surface area contributed by atoms with Crippen molar-refractivity contribution in [3.8, 4) is 5.75 Å². The molecule has 1 N–H and O–H groups in total. The number of anilines is 1. The second kappa shape index (κ2) is 9.28. The van der Waals surface area contributed by atoms with Crippen LogP contribution in [0.2, 0.25) is 0 Å². The molecule has 4 rings (SSSR count). The molecule has 152 valence electrons. The molecular weight excluding hydrogens is 419 g/mol. The lowest BCUT2D eigenvalue weighted by Crippen LogP contribution is -2.11. The first kappa shape index (κ1) is 20.4. The molecule has 0 aliphatic carbocycles. The number of aromatic nitrogens is 1. The molecule has 0 saturated heterocycles. The number of ether oxygens (including phenoxy) is 1. The fourth-order valence-electron chi connectivity index (χ4n) is 2.80. The molecule has 0 atom stereocenters. The van der Waals surface area contributed by atoms with Gasteiger partial charge in [0.15, 0.2) is 4.34 Å². The van der Waals surface area contributed by atoms with Crippen molar-refractivity contribution in [2.75, 3.05) is 17.7 Å². The topological polar surface area (TPSA) is 51.2 Å². The van der Waals surface area contributed by atoms with Crippen molar-refractivity contribution in [2.45, 2.75) is 11.3 Å². The van der Waals surface area contributed by atoms with E-state index in [-0.39, 0.29) is 11.5 Å². The zero-order valence-electron chi connectivity index (χ0n) is 16.2. The van der Waals surface area contributed by atoms with Gasteiger partial charge in [-0.05, 0) is 55.5 Å². The Morgan fingerprint density at radius 1 is 1.13 bits per heavy atom. The lowest BCUT2D eigenvalue weighted by molar-refractivity contribution is 0.102. The molecule has 3 aromatic carbocycles. The third-order valence-corrected chi connectivity index (χ3v) is 6.44. The van der Waals surface area contributed by atoms with Gasteiger partial charge in [-0.2, -0.15) is 0 Å². The number of nitrogens with zero attached hydrogens (tertiary/aromatic N) is 1. The summed E-state index contributed by atoms with van der Waals surface area (Å²) in [4.78, 5) is 16.9. The van der Waals surface area contributed by atoms with Gasteiger partial charge in [0.05, 0.1) is 16.8 Å². The fraction of sp³-hybridized carbons (Fsp3) is 0.130. The minimum atomic E-state index is -0.436. The third-order valence-electron chi connectivity index (χ3n) is 4.31. The quantitative estimate of drug-likeness (QED) is 0.277. The average molecular weight is 439 g/mol. The van der Waals surface area contributed by atoms with Crippen molar-refractivity contribution in [1.82, 2.24) is 4.98 Å². The number of nitrogens with one attached hydrogen (secondary N) is 1. The van der Waals surface area contributed by atoms with Gasteiger partial charge in [-0.1, -0.05) is 35.5 Å². The zero-order valence-corrected chi connectivity index (χ0v) is 17.9. The summed E-state index contributed by atoms with van der Waals surface area (Å²) in [7, 11) is 0. The lowest BCUT2D eigenvalue weighted by Gasteiger charge is -2.05. The maximum absolute atomic E-state index is 13.3. The van der Waals surface area contributed by atoms with Crippen LogP contribution in [0.25, 0.3) is 10.2 Å². The van der Waals surface area contributed by atoms with E-state index in [1.165, 1.54) is 23.8 Å². The molecule has 1 heterocycles. The maximum atomic E-state index is 13.3. The molecule has 0 aliphatic rings. The predicted molar refractivity (Wildman–Crippen MR) is 121 cm³/mol. The summed E-state index contributed by atoms with van der Waals surface area (Å²) in [6.07, 6.45) is 0. The van der Waals surface area contributed by atoms with Crippen molar-refractivity contribution in [3.05, 3.63) is 83.7 Å². The molecule has 0 aliphatic heterocycles. The van der Waals surface area contributed by atoms with Crippen LogP contribution in [0.15, 0.2) is 71.1 Å². The van der Waals surface area contributed by atoms with Gasteiger partial charge >= 0.3 is 0 Å². The van der Waals surface area contributed by atoms with Gasteiger partial charge in [-0.15, -0.1) is 11.3 Å². The largest absolute Gasteiger partial charge is 0.493 e. The summed E-state index contributed by atoms with van der Waals surface area (Å²) in [5.41, 5.74) is 3.02. The summed E-state index contributed by atoms with van der Waals surface area (Å²) in [6, 6.07) is 19.2. The molecule has 30 heavy (non-hydrogen) atoms. The van der Waals surface area contributed by atoms with Crippen molar-refractivity contribution in [1.29, 1.82) is 0 Å². The van der Waals surface area contributed by atoms with Crippen molar-refractivity contribution in [3.63, 3.8) is 0 Å². The number of benzene rings is 3. The number of carbonyl (C=O) groups is 1. The van der Waals surface area contributed by atoms with Crippen LogP contribution in [-0.4, -0.2) is 23.3 Å². The van der Waals surface area contributed by atoms with Crippen LogP contribution in [0.1, 0.15) is 15.9 Å². The van der Waals surface area contributed by atoms with Crippen LogP contribution >= 0.6 is 23.1 Å². The molecule has 0 radical (unpaired) electrons. The van der Waals surface area contributed by atoms with Crippen molar-refractivity contribution < 1.29 is 13.9 Å². The maximum Gasteiger partial charge on any atom is 0.255 e. The Balaban J connectivity index is 1.35. The molecule has 0 fully saturated rings. The predicted octanol–water partition coefficient (Wildman–Crippen LogP) is 6.17. The van der Waals surface area contributed by atoms with Crippen LogP contribution in [0.3, 0.4) is 0 Å². The van der Waals surface area contributed by atoms with E-state index >= 15 is 0 Å². The molecule has 7 heteroatoms. The minimum Gasteiger partial charge on any atom is -0.493 e. The highest BCUT2D eigenvalue weighted by atomic mass is 32.2. The van der Waals surface area contributed by atoms with Gasteiger partial charge in [0.1, 0.15) is 11.6 Å². The Morgan fingerprint density at radius 3 is 2.77 bits per heavy atom. The molecule has 0 bridgehead atoms. The number of thioether (sulfide) groups is 1. The summed E-state index contributed by atoms with van der Waals surface area (Å²) >= 11 is 3.21. The van der Waals surface area contributed by atoms with Gasteiger partial charge < -0.3 is 10.1 Å². The van der Waals surface area contributed by atoms with E-state index in [1.54, 1.807) is 35.2 Å². The van der Waals surface area contributed by atoms with Crippen molar-refractivity contribution >= 4 is 44.9 Å². The first-order valence-corrected chi connectivity index (χ1v) is 11.2. The summed E-state index contributed by atoms with van der Waals surface area (Å²) < 4.78 is 21.0. The smallest absolute Gasteiger partial charge is 0.255 e. The van der Waals surface area contributed by atoms with Gasteiger partial charge in [0, 0.05) is 17.0 Å². The van der Waals surface area contributed by atoms with E-state index in [1.807, 2.05) is 43.3 Å². The number of thiazole rings is 1. The highest BCUT2D eigenvalue weighted by molar-refractivity contribution is 8.01. The summed E-state index contributed by atoms with van der Waals surface area (Å²) in [5.74, 6) is 0.871. The van der Waals surface area contributed by atoms with Crippen LogP contribution in [0.5, 0.6) is 5.75 Å². The van der Waals surface area contributed by atoms with Crippen molar-refractivity contribution in [2.24, 2.45) is 0 Å². The molecule has 4 aromatic rings. The number of halogens is 1. The number of carbonyl (C=O) groups excluding carboxylic acids is 1. The molecule has 4 nitrogen and oxygen atoms in total. The Kier molecular flexibility index (Phi) is 6.30. The average Bonchev–Trinajstić information content (AvgIpc) is 3.14. The van der Waals surface area contributed by atoms with E-state index in [2.05, 4.69) is 10.3 Å². The lowest BCUT2D eigenvalue weighted by atomic mass is 10.2. The monoisotopic (exact) mass is 438 g/mol. The third kappa shape index (κ3) is 5.17. The van der Waals surface area contributed by atoms with Crippen LogP contribution in [0, 0.1) is 12.7 Å². The SMILES string of the molecule is Cc1ccc(OCCSc2nc3ccc(NC(=O)c4cccc(F)c4)cc3s2)cc1. The van der Waals surface area contributed by atoms with E-state index in [4.69, 9.17) is 4.74 Å². The highest BCUT2D eigenvalue weighted by Gasteiger charge is 2.10. The summed E-state index contributed by atoms with van der Waals surface area (Å²) in [6.45, 7) is 2.64. The fourth-order valence-corrected chi connectivity index (χ4v) is 4.79. The molecule has 1 amide bonds. The molecule has 0 spiro atoms. The number of rotatable bonds is 7. The second-order valence-electron chi connectivity index (χ2n) is 6.64. The van der Waals surface area contributed by atoms with Crippen LogP contribution < -0.4 is 10.1 Å². The molecular formula is C23H19FN2O2S2. The first-order chi connectivity index (χ1) is 14.6. The number of aryl methyl sites for hydroxylation is 1. The second-order valence-corrected chi connectivity index (χ2v) is 9.01. The molecule has 1 aromatic heterocycles. The van der Waals surface area contributed by atoms with Crippen LogP contribution in [-0.2, 0) is 0 Å². The Hall–Kier alpha value is -2.90. The van der Waals surface area contributed by atoms with Gasteiger partial charge in [0.2, 0.25) is 0 Å². The van der Waals surface area contributed by atoms with Crippen LogP contribution in [0.4, 0.5) is 10.1 Å². The Labute approximate surface area is 182 Å². The first-order valence-electron chi connectivity index (χ1n) is 9.36. The summed E-state index contributed by atoms with van der Waals surface area (Å²) in [5, 5.41) is 2.81. The normalized spacial score (nSPS) is 10.9. The van der Waals surface area contributed by atoms with E-state index in [0.29, 0.717) is 12.3 Å². The number of hydrogen-bond donors (Lipinski definition) is 1. The van der Waals surface area contributed by atoms with Gasteiger partial charge in [-0.25, -0.2) is 9.37 Å². The number of amides is 1.